The summed E-state index contributed by atoms with van der Waals surface area (Å²) in [5, 5.41) is 9.09. The van der Waals surface area contributed by atoms with E-state index in [-0.39, 0.29) is 17.4 Å². The zero-order chi connectivity index (χ0) is 15.4. The lowest BCUT2D eigenvalue weighted by Gasteiger charge is -2.26. The minimum atomic E-state index is -0.937. The van der Waals surface area contributed by atoms with Gasteiger partial charge >= 0.3 is 5.97 Å². The maximum atomic E-state index is 12.6. The van der Waals surface area contributed by atoms with Crippen molar-refractivity contribution in [2.24, 2.45) is 5.92 Å². The first-order valence-corrected chi connectivity index (χ1v) is 7.21. The number of fused-ring (bicyclic) bond motifs is 1. The molecule has 1 aromatic carbocycles. The Balaban J connectivity index is 2.33. The van der Waals surface area contributed by atoms with Crippen LogP contribution in [0.3, 0.4) is 0 Å². The van der Waals surface area contributed by atoms with E-state index in [4.69, 9.17) is 9.84 Å². The molecule has 0 aliphatic carbocycles. The van der Waals surface area contributed by atoms with Gasteiger partial charge in [-0.25, -0.2) is 4.79 Å². The molecule has 0 fully saturated rings. The lowest BCUT2D eigenvalue weighted by atomic mass is 10.0. The van der Waals surface area contributed by atoms with E-state index >= 15 is 0 Å². The lowest BCUT2D eigenvalue weighted by molar-refractivity contribution is -0.123. The average molecular weight is 291 g/mol. The maximum absolute atomic E-state index is 12.6. The third kappa shape index (κ3) is 3.42. The highest BCUT2D eigenvalue weighted by Crippen LogP contribution is 2.28. The largest absolute Gasteiger partial charge is 0.478 e. The van der Waals surface area contributed by atoms with Gasteiger partial charge in [-0.3, -0.25) is 4.79 Å². The zero-order valence-electron chi connectivity index (χ0n) is 12.5. The molecule has 1 aromatic rings. The van der Waals surface area contributed by atoms with E-state index in [0.29, 0.717) is 13.2 Å². The van der Waals surface area contributed by atoms with Crippen molar-refractivity contribution in [1.29, 1.82) is 0 Å². The molecule has 0 bridgehead atoms. The second kappa shape index (κ2) is 6.72. The van der Waals surface area contributed by atoms with Crippen LogP contribution in [0.2, 0.25) is 0 Å². The van der Waals surface area contributed by atoms with Gasteiger partial charge < -0.3 is 14.7 Å². The van der Waals surface area contributed by atoms with E-state index < -0.39 is 5.97 Å². The van der Waals surface area contributed by atoms with Crippen molar-refractivity contribution in [1.82, 2.24) is 0 Å². The predicted molar refractivity (Wildman–Crippen MR) is 79.7 cm³/mol. The summed E-state index contributed by atoms with van der Waals surface area (Å²) in [6, 6.07) is 5.00. The first kappa shape index (κ1) is 15.5. The Morgan fingerprint density at radius 3 is 2.81 bits per heavy atom. The number of aryl methyl sites for hydroxylation is 1. The van der Waals surface area contributed by atoms with Crippen LogP contribution in [0.1, 0.15) is 35.7 Å². The summed E-state index contributed by atoms with van der Waals surface area (Å²) in [5.74, 6) is -1.11. The summed E-state index contributed by atoms with van der Waals surface area (Å²) in [4.78, 5) is 25.4. The topological polar surface area (TPSA) is 66.8 Å². The van der Waals surface area contributed by atoms with E-state index in [1.807, 2.05) is 6.92 Å². The molecule has 2 rings (SSSR count). The number of carbonyl (C=O) groups excluding carboxylic acids is 1. The normalized spacial score (nSPS) is 16.0. The first-order valence-electron chi connectivity index (χ1n) is 7.21. The summed E-state index contributed by atoms with van der Waals surface area (Å²) in [6.07, 6.45) is 2.68. The molecule has 0 saturated carbocycles. The molecular weight excluding hydrogens is 270 g/mol. The van der Waals surface area contributed by atoms with Gasteiger partial charge in [-0.15, -0.1) is 0 Å². The standard InChI is InChI=1S/C16H21NO4/c1-11(10-21-2)15(18)17-8-4-3-5-12-9-13(16(19)20)6-7-14(12)17/h6-7,9,11H,3-5,8,10H2,1-2H3,(H,19,20). The molecule has 0 saturated heterocycles. The number of amides is 1. The van der Waals surface area contributed by atoms with E-state index in [1.54, 1.807) is 30.2 Å². The van der Waals surface area contributed by atoms with E-state index in [9.17, 15) is 9.59 Å². The molecule has 1 amide bonds. The third-order valence-electron chi connectivity index (χ3n) is 3.80. The van der Waals surface area contributed by atoms with Crippen molar-refractivity contribution >= 4 is 17.6 Å². The number of hydrogen-bond donors (Lipinski definition) is 1. The summed E-state index contributed by atoms with van der Waals surface area (Å²) in [7, 11) is 1.58. The van der Waals surface area contributed by atoms with Crippen LogP contribution in [0.25, 0.3) is 0 Å². The van der Waals surface area contributed by atoms with Crippen LogP contribution in [0.15, 0.2) is 18.2 Å². The van der Waals surface area contributed by atoms with Crippen LogP contribution >= 0.6 is 0 Å². The second-order valence-corrected chi connectivity index (χ2v) is 5.45. The van der Waals surface area contributed by atoms with Gasteiger partial charge in [0.2, 0.25) is 5.91 Å². The summed E-state index contributed by atoms with van der Waals surface area (Å²) >= 11 is 0. The van der Waals surface area contributed by atoms with Gasteiger partial charge in [-0.05, 0) is 43.0 Å². The molecule has 0 aromatic heterocycles. The van der Waals surface area contributed by atoms with E-state index in [0.717, 1.165) is 30.5 Å². The van der Waals surface area contributed by atoms with Gasteiger partial charge in [0.25, 0.3) is 0 Å². The Morgan fingerprint density at radius 2 is 2.14 bits per heavy atom. The Labute approximate surface area is 124 Å². The molecule has 1 heterocycles. The Bertz CT molecular complexity index is 541. The van der Waals surface area contributed by atoms with E-state index in [2.05, 4.69) is 0 Å². The van der Waals surface area contributed by atoms with Crippen molar-refractivity contribution in [3.63, 3.8) is 0 Å². The quantitative estimate of drug-likeness (QED) is 0.924. The summed E-state index contributed by atoms with van der Waals surface area (Å²) < 4.78 is 5.06. The molecule has 1 atom stereocenters. The zero-order valence-corrected chi connectivity index (χ0v) is 12.5. The van der Waals surface area contributed by atoms with Gasteiger partial charge in [0.1, 0.15) is 0 Å². The van der Waals surface area contributed by atoms with Crippen LogP contribution in [0.5, 0.6) is 0 Å². The average Bonchev–Trinajstić information content (AvgIpc) is 2.68. The van der Waals surface area contributed by atoms with Gasteiger partial charge in [0, 0.05) is 19.3 Å². The second-order valence-electron chi connectivity index (χ2n) is 5.45. The number of nitrogens with zero attached hydrogens (tertiary/aromatic N) is 1. The molecule has 0 spiro atoms. The molecule has 5 heteroatoms. The fraction of sp³-hybridized carbons (Fsp3) is 0.500. The monoisotopic (exact) mass is 291 g/mol. The molecule has 1 aliphatic rings. The van der Waals surface area contributed by atoms with Crippen LogP contribution in [-0.2, 0) is 16.0 Å². The number of hydrogen-bond acceptors (Lipinski definition) is 3. The fourth-order valence-corrected chi connectivity index (χ4v) is 2.70. The molecule has 21 heavy (non-hydrogen) atoms. The van der Waals surface area contributed by atoms with Gasteiger partial charge in [-0.1, -0.05) is 6.92 Å². The highest BCUT2D eigenvalue weighted by Gasteiger charge is 2.25. The number of ether oxygens (including phenoxy) is 1. The number of methoxy groups -OCH3 is 1. The number of rotatable bonds is 4. The number of carbonyl (C=O) groups is 2. The van der Waals surface area contributed by atoms with Crippen LogP contribution < -0.4 is 4.90 Å². The Kier molecular flexibility index (Phi) is 4.96. The molecular formula is C16H21NO4. The number of aromatic carboxylic acids is 1. The number of benzene rings is 1. The van der Waals surface area contributed by atoms with Crippen molar-refractivity contribution < 1.29 is 19.4 Å². The van der Waals surface area contributed by atoms with Crippen molar-refractivity contribution in [2.45, 2.75) is 26.2 Å². The number of anilines is 1. The van der Waals surface area contributed by atoms with Gasteiger partial charge in [-0.2, -0.15) is 0 Å². The van der Waals surface area contributed by atoms with Crippen LogP contribution in [-0.4, -0.2) is 37.2 Å². The fourth-order valence-electron chi connectivity index (χ4n) is 2.70. The van der Waals surface area contributed by atoms with Gasteiger partial charge in [0.15, 0.2) is 0 Å². The van der Waals surface area contributed by atoms with E-state index in [1.165, 1.54) is 0 Å². The molecule has 1 N–H and O–H groups in total. The smallest absolute Gasteiger partial charge is 0.335 e. The van der Waals surface area contributed by atoms with Crippen molar-refractivity contribution in [2.75, 3.05) is 25.2 Å². The molecule has 114 valence electrons. The lowest BCUT2D eigenvalue weighted by Crippen LogP contribution is -2.37. The molecule has 5 nitrogen and oxygen atoms in total. The Hall–Kier alpha value is -1.88. The minimum Gasteiger partial charge on any atom is -0.478 e. The number of carboxylic acid groups (broad SMARTS) is 1. The first-order chi connectivity index (χ1) is 10.0. The predicted octanol–water partition coefficient (Wildman–Crippen LogP) is 2.34. The molecule has 0 radical (unpaired) electrons. The highest BCUT2D eigenvalue weighted by molar-refractivity contribution is 5.97. The van der Waals surface area contributed by atoms with Crippen molar-refractivity contribution in [3.8, 4) is 0 Å². The van der Waals surface area contributed by atoms with Crippen molar-refractivity contribution in [3.05, 3.63) is 29.3 Å². The van der Waals surface area contributed by atoms with Gasteiger partial charge in [0.05, 0.1) is 18.1 Å². The number of carboxylic acids is 1. The molecule has 1 aliphatic heterocycles. The highest BCUT2D eigenvalue weighted by atomic mass is 16.5. The minimum absolute atomic E-state index is 0.0306. The maximum Gasteiger partial charge on any atom is 0.335 e. The summed E-state index contributed by atoms with van der Waals surface area (Å²) in [5.41, 5.74) is 2.05. The Morgan fingerprint density at radius 1 is 1.38 bits per heavy atom. The molecule has 1 unspecified atom stereocenters. The summed E-state index contributed by atoms with van der Waals surface area (Å²) in [6.45, 7) is 2.91. The third-order valence-corrected chi connectivity index (χ3v) is 3.80. The van der Waals surface area contributed by atoms with Crippen LogP contribution in [0.4, 0.5) is 5.69 Å². The van der Waals surface area contributed by atoms with Crippen LogP contribution in [0, 0.1) is 5.92 Å². The SMILES string of the molecule is COCC(C)C(=O)N1CCCCc2cc(C(=O)O)ccc21.